The van der Waals surface area contributed by atoms with Crippen LogP contribution in [0.1, 0.15) is 5.56 Å². The van der Waals surface area contributed by atoms with Crippen molar-refractivity contribution in [1.82, 2.24) is 4.98 Å². The average molecular weight is 405 g/mol. The van der Waals surface area contributed by atoms with Crippen molar-refractivity contribution in [2.45, 2.75) is 6.42 Å². The summed E-state index contributed by atoms with van der Waals surface area (Å²) in [6.07, 6.45) is 1.62. The fourth-order valence-corrected chi connectivity index (χ4v) is 3.17. The molecule has 3 aromatic carbocycles. The maximum absolute atomic E-state index is 10.8. The van der Waals surface area contributed by atoms with Crippen LogP contribution in [0.4, 0.5) is 11.7 Å². The second-order valence-corrected chi connectivity index (χ2v) is 6.95. The van der Waals surface area contributed by atoms with Crippen LogP contribution in [0, 0.1) is 0 Å². The van der Waals surface area contributed by atoms with E-state index in [1.54, 1.807) is 18.4 Å². The van der Waals surface area contributed by atoms with Gasteiger partial charge in [0.2, 0.25) is 0 Å². The van der Waals surface area contributed by atoms with Gasteiger partial charge in [0, 0.05) is 16.3 Å². The molecule has 29 heavy (non-hydrogen) atoms. The third kappa shape index (κ3) is 4.65. The van der Waals surface area contributed by atoms with Gasteiger partial charge in [0.05, 0.1) is 6.42 Å². The van der Waals surface area contributed by atoms with E-state index >= 15 is 0 Å². The molecule has 4 aromatic rings. The third-order valence-electron chi connectivity index (χ3n) is 4.40. The van der Waals surface area contributed by atoms with Gasteiger partial charge in [0.15, 0.2) is 0 Å². The molecule has 0 spiro atoms. The van der Waals surface area contributed by atoms with Crippen molar-refractivity contribution in [3.05, 3.63) is 89.6 Å². The summed E-state index contributed by atoms with van der Waals surface area (Å²) in [5.74, 6) is -0.834. The number of oxazole rings is 1. The summed E-state index contributed by atoms with van der Waals surface area (Å²) in [4.78, 5) is 15.3. The Bertz CT molecular complexity index is 1140. The van der Waals surface area contributed by atoms with E-state index < -0.39 is 5.97 Å². The zero-order valence-electron chi connectivity index (χ0n) is 15.3. The first-order chi connectivity index (χ1) is 14.1. The van der Waals surface area contributed by atoms with Gasteiger partial charge < -0.3 is 14.8 Å². The highest BCUT2D eigenvalue weighted by Gasteiger charge is 2.08. The molecule has 2 N–H and O–H groups in total. The highest BCUT2D eigenvalue weighted by atomic mass is 35.5. The summed E-state index contributed by atoms with van der Waals surface area (Å²) in [7, 11) is 0. The Hall–Kier alpha value is -3.57. The molecule has 1 heterocycles. The highest BCUT2D eigenvalue weighted by Crippen LogP contribution is 2.27. The molecule has 6 heteroatoms. The molecular formula is C23H17ClN2O3. The highest BCUT2D eigenvalue weighted by molar-refractivity contribution is 6.30. The van der Waals surface area contributed by atoms with E-state index in [2.05, 4.69) is 10.3 Å². The lowest BCUT2D eigenvalue weighted by Crippen LogP contribution is -1.99. The molecule has 0 unspecified atom stereocenters. The topological polar surface area (TPSA) is 75.4 Å². The molecule has 0 saturated heterocycles. The molecule has 0 aliphatic heterocycles. The standard InChI is InChI=1S/C23H17ClN2O3/c24-19-2-1-3-20(13-19)25-23-26-21(14-29-23)18-10-8-17(9-11-18)16-6-4-15(5-7-16)12-22(27)28/h1-11,13-14H,12H2,(H,25,26)(H,27,28). The van der Waals surface area contributed by atoms with Crippen molar-refractivity contribution < 1.29 is 14.3 Å². The van der Waals surface area contributed by atoms with Crippen LogP contribution < -0.4 is 5.32 Å². The van der Waals surface area contributed by atoms with Gasteiger partial charge in [-0.1, -0.05) is 66.2 Å². The summed E-state index contributed by atoms with van der Waals surface area (Å²) in [5.41, 5.74) is 5.29. The van der Waals surface area contributed by atoms with Gasteiger partial charge in [-0.15, -0.1) is 0 Å². The molecule has 1 aromatic heterocycles. The lowest BCUT2D eigenvalue weighted by molar-refractivity contribution is -0.136. The second-order valence-electron chi connectivity index (χ2n) is 6.52. The molecule has 0 aliphatic rings. The van der Waals surface area contributed by atoms with Crippen LogP contribution in [0.5, 0.6) is 0 Å². The van der Waals surface area contributed by atoms with Crippen LogP contribution in [0.3, 0.4) is 0 Å². The van der Waals surface area contributed by atoms with Gasteiger partial charge in [-0.2, -0.15) is 4.98 Å². The summed E-state index contributed by atoms with van der Waals surface area (Å²) in [6.45, 7) is 0. The fraction of sp³-hybridized carbons (Fsp3) is 0.0435. The van der Waals surface area contributed by atoms with E-state index in [1.807, 2.05) is 60.7 Å². The van der Waals surface area contributed by atoms with Crippen molar-refractivity contribution >= 4 is 29.3 Å². The quantitative estimate of drug-likeness (QED) is 0.410. The number of carboxylic acid groups (broad SMARTS) is 1. The first-order valence-electron chi connectivity index (χ1n) is 8.96. The van der Waals surface area contributed by atoms with Gasteiger partial charge >= 0.3 is 5.97 Å². The number of carbonyl (C=O) groups is 1. The Morgan fingerprint density at radius 3 is 2.28 bits per heavy atom. The van der Waals surface area contributed by atoms with Gasteiger partial charge in [0.25, 0.3) is 6.01 Å². The van der Waals surface area contributed by atoms with E-state index in [1.165, 1.54) is 0 Å². The number of aliphatic carboxylic acids is 1. The van der Waals surface area contributed by atoms with E-state index in [-0.39, 0.29) is 6.42 Å². The van der Waals surface area contributed by atoms with Crippen molar-refractivity contribution in [3.63, 3.8) is 0 Å². The fourth-order valence-electron chi connectivity index (χ4n) is 2.98. The number of benzene rings is 3. The predicted molar refractivity (Wildman–Crippen MR) is 113 cm³/mol. The Kier molecular flexibility index (Phi) is 5.31. The molecule has 0 radical (unpaired) electrons. The summed E-state index contributed by atoms with van der Waals surface area (Å²) in [6, 6.07) is 23.2. The van der Waals surface area contributed by atoms with Crippen LogP contribution in [-0.4, -0.2) is 16.1 Å². The molecular weight excluding hydrogens is 388 g/mol. The first kappa shape index (κ1) is 18.8. The van der Waals surface area contributed by atoms with Crippen LogP contribution in [-0.2, 0) is 11.2 Å². The molecule has 0 saturated carbocycles. The average Bonchev–Trinajstić information content (AvgIpc) is 3.17. The molecule has 0 amide bonds. The summed E-state index contributed by atoms with van der Waals surface area (Å²) < 4.78 is 5.51. The Balaban J connectivity index is 1.48. The van der Waals surface area contributed by atoms with Crippen molar-refractivity contribution in [2.24, 2.45) is 0 Å². The van der Waals surface area contributed by atoms with Gasteiger partial charge in [0.1, 0.15) is 12.0 Å². The van der Waals surface area contributed by atoms with Crippen molar-refractivity contribution in [2.75, 3.05) is 5.32 Å². The number of carboxylic acids is 1. The number of nitrogens with one attached hydrogen (secondary N) is 1. The van der Waals surface area contributed by atoms with E-state index in [0.717, 1.165) is 33.6 Å². The van der Waals surface area contributed by atoms with E-state index in [4.69, 9.17) is 21.1 Å². The lowest BCUT2D eigenvalue weighted by Gasteiger charge is -2.04. The van der Waals surface area contributed by atoms with E-state index in [0.29, 0.717) is 11.0 Å². The largest absolute Gasteiger partial charge is 0.481 e. The minimum absolute atomic E-state index is 0.0247. The number of halogens is 1. The Labute approximate surface area is 172 Å². The predicted octanol–water partition coefficient (Wildman–Crippen LogP) is 6.03. The molecule has 0 atom stereocenters. The van der Waals surface area contributed by atoms with Gasteiger partial charge in [-0.05, 0) is 34.9 Å². The monoisotopic (exact) mass is 404 g/mol. The third-order valence-corrected chi connectivity index (χ3v) is 4.64. The number of aromatic nitrogens is 1. The number of hydrogen-bond acceptors (Lipinski definition) is 4. The molecule has 0 fully saturated rings. The molecule has 4 rings (SSSR count). The molecule has 0 aliphatic carbocycles. The number of hydrogen-bond donors (Lipinski definition) is 2. The van der Waals surface area contributed by atoms with Gasteiger partial charge in [-0.25, -0.2) is 0 Å². The van der Waals surface area contributed by atoms with E-state index in [9.17, 15) is 4.79 Å². The maximum Gasteiger partial charge on any atom is 0.307 e. The lowest BCUT2D eigenvalue weighted by atomic mass is 10.0. The Morgan fingerprint density at radius 2 is 1.62 bits per heavy atom. The number of rotatable bonds is 6. The summed E-state index contributed by atoms with van der Waals surface area (Å²) >= 11 is 5.99. The second kappa shape index (κ2) is 8.20. The van der Waals surface area contributed by atoms with Crippen LogP contribution in [0.25, 0.3) is 22.4 Å². The zero-order valence-corrected chi connectivity index (χ0v) is 16.1. The normalized spacial score (nSPS) is 10.7. The van der Waals surface area contributed by atoms with Crippen LogP contribution in [0.15, 0.2) is 83.5 Å². The number of anilines is 2. The molecule has 144 valence electrons. The number of nitrogens with zero attached hydrogens (tertiary/aromatic N) is 1. The van der Waals surface area contributed by atoms with Crippen LogP contribution in [0.2, 0.25) is 5.02 Å². The molecule has 5 nitrogen and oxygen atoms in total. The zero-order chi connectivity index (χ0) is 20.2. The smallest absolute Gasteiger partial charge is 0.307 e. The minimum atomic E-state index is -0.834. The van der Waals surface area contributed by atoms with Gasteiger partial charge in [-0.3, -0.25) is 4.79 Å². The minimum Gasteiger partial charge on any atom is -0.481 e. The first-order valence-corrected chi connectivity index (χ1v) is 9.34. The van der Waals surface area contributed by atoms with Crippen molar-refractivity contribution in [1.29, 1.82) is 0 Å². The van der Waals surface area contributed by atoms with Crippen LogP contribution >= 0.6 is 11.6 Å². The maximum atomic E-state index is 10.8. The summed E-state index contributed by atoms with van der Waals surface area (Å²) in [5, 5.41) is 12.6. The Morgan fingerprint density at radius 1 is 0.966 bits per heavy atom. The SMILES string of the molecule is O=C(O)Cc1ccc(-c2ccc(-c3coc(Nc4cccc(Cl)c4)n3)cc2)cc1. The van der Waals surface area contributed by atoms with Crippen molar-refractivity contribution in [3.8, 4) is 22.4 Å². The molecule has 0 bridgehead atoms.